The number of amides is 1. The van der Waals surface area contributed by atoms with Gasteiger partial charge in [-0.05, 0) is 31.4 Å². The molecule has 2 aliphatic rings. The number of likely N-dealkylation sites (N-methyl/N-ethyl adjacent to an activating group) is 1. The lowest BCUT2D eigenvalue weighted by Crippen LogP contribution is -2.75. The fourth-order valence-corrected chi connectivity index (χ4v) is 4.38. The van der Waals surface area contributed by atoms with Gasteiger partial charge in [-0.25, -0.2) is 0 Å². The number of benzene rings is 1. The molecule has 1 amide bonds. The second-order valence-electron chi connectivity index (χ2n) is 8.33. The molecular formula is C21H33N3O2. The van der Waals surface area contributed by atoms with Crippen LogP contribution in [0.1, 0.15) is 45.6 Å². The molecule has 1 aromatic carbocycles. The van der Waals surface area contributed by atoms with Crippen molar-refractivity contribution >= 4 is 11.6 Å². The van der Waals surface area contributed by atoms with E-state index in [1.54, 1.807) is 4.90 Å². The van der Waals surface area contributed by atoms with Gasteiger partial charge in [-0.15, -0.1) is 0 Å². The van der Waals surface area contributed by atoms with Crippen LogP contribution in [0.25, 0.3) is 0 Å². The Bertz CT molecular complexity index is 654. The molecule has 0 radical (unpaired) electrons. The number of carbonyl (C=O) groups excluding carboxylic acids is 1. The largest absolute Gasteiger partial charge is 0.378 e. The minimum Gasteiger partial charge on any atom is -0.378 e. The van der Waals surface area contributed by atoms with Crippen LogP contribution < -0.4 is 10.6 Å². The smallest absolute Gasteiger partial charge is 0.243 e. The van der Waals surface area contributed by atoms with Gasteiger partial charge in [0.05, 0.1) is 6.10 Å². The van der Waals surface area contributed by atoms with Gasteiger partial charge in [-0.2, -0.15) is 0 Å². The molecule has 26 heavy (non-hydrogen) atoms. The fourth-order valence-electron chi connectivity index (χ4n) is 4.38. The van der Waals surface area contributed by atoms with E-state index < -0.39 is 5.54 Å². The zero-order valence-electron chi connectivity index (χ0n) is 16.6. The van der Waals surface area contributed by atoms with Gasteiger partial charge in [0.25, 0.3) is 0 Å². The maximum absolute atomic E-state index is 13.2. The molecular weight excluding hydrogens is 326 g/mol. The number of hydrogen-bond acceptors (Lipinski definition) is 4. The molecule has 0 aromatic heterocycles. The van der Waals surface area contributed by atoms with Crippen molar-refractivity contribution in [3.05, 3.63) is 29.8 Å². The number of rotatable bonds is 6. The van der Waals surface area contributed by atoms with E-state index in [-0.39, 0.29) is 17.4 Å². The predicted octanol–water partition coefficient (Wildman–Crippen LogP) is 2.78. The first-order chi connectivity index (χ1) is 12.3. The summed E-state index contributed by atoms with van der Waals surface area (Å²) in [7, 11) is 1.86. The van der Waals surface area contributed by atoms with Crippen LogP contribution in [-0.4, -0.2) is 49.2 Å². The lowest BCUT2D eigenvalue weighted by molar-refractivity contribution is -0.178. The van der Waals surface area contributed by atoms with Crippen LogP contribution in [-0.2, 0) is 16.1 Å². The Labute approximate surface area is 157 Å². The average Bonchev–Trinajstić information content (AvgIpc) is 3.15. The summed E-state index contributed by atoms with van der Waals surface area (Å²) in [6.07, 6.45) is 3.11. The summed E-state index contributed by atoms with van der Waals surface area (Å²) in [5.74, 6) is 0.00896. The third kappa shape index (κ3) is 3.12. The van der Waals surface area contributed by atoms with E-state index >= 15 is 0 Å². The Kier molecular flexibility index (Phi) is 5.31. The summed E-state index contributed by atoms with van der Waals surface area (Å²) in [5.41, 5.74) is 7.80. The van der Waals surface area contributed by atoms with E-state index in [2.05, 4.69) is 23.1 Å². The van der Waals surface area contributed by atoms with E-state index in [4.69, 9.17) is 10.5 Å². The molecule has 2 atom stereocenters. The lowest BCUT2D eigenvalue weighted by atomic mass is 9.54. The summed E-state index contributed by atoms with van der Waals surface area (Å²) < 4.78 is 5.77. The van der Waals surface area contributed by atoms with E-state index in [1.165, 1.54) is 24.1 Å². The molecule has 1 saturated carbocycles. The number of ether oxygens (including phenoxy) is 1. The van der Waals surface area contributed by atoms with Gasteiger partial charge in [0, 0.05) is 50.8 Å². The van der Waals surface area contributed by atoms with Crippen LogP contribution >= 0.6 is 0 Å². The third-order valence-corrected chi connectivity index (χ3v) is 6.40. The molecule has 3 rings (SSSR count). The normalized spacial score (nSPS) is 27.3. The van der Waals surface area contributed by atoms with Crippen LogP contribution in [0.5, 0.6) is 0 Å². The summed E-state index contributed by atoms with van der Waals surface area (Å²) in [6, 6.07) is 8.40. The van der Waals surface area contributed by atoms with Crippen molar-refractivity contribution in [3.63, 3.8) is 0 Å². The molecule has 1 aromatic rings. The highest BCUT2D eigenvalue weighted by Gasteiger charge is 2.63. The Morgan fingerprint density at radius 1 is 1.31 bits per heavy atom. The van der Waals surface area contributed by atoms with E-state index in [1.807, 2.05) is 33.9 Å². The van der Waals surface area contributed by atoms with Gasteiger partial charge in [0.15, 0.2) is 0 Å². The molecule has 1 aliphatic heterocycles. The second kappa shape index (κ2) is 7.20. The number of anilines is 1. The molecule has 2 unspecified atom stereocenters. The van der Waals surface area contributed by atoms with E-state index in [9.17, 15) is 4.79 Å². The molecule has 5 heteroatoms. The summed E-state index contributed by atoms with van der Waals surface area (Å²) in [5, 5.41) is 0. The highest BCUT2D eigenvalue weighted by molar-refractivity contribution is 5.88. The average molecular weight is 360 g/mol. The van der Waals surface area contributed by atoms with Crippen LogP contribution in [0.3, 0.4) is 0 Å². The molecule has 2 fully saturated rings. The van der Waals surface area contributed by atoms with Crippen molar-refractivity contribution in [1.29, 1.82) is 0 Å². The third-order valence-electron chi connectivity index (χ3n) is 6.40. The van der Waals surface area contributed by atoms with Crippen molar-refractivity contribution in [2.75, 3.05) is 31.6 Å². The number of para-hydroxylation sites is 1. The minimum atomic E-state index is -0.857. The van der Waals surface area contributed by atoms with Crippen LogP contribution in [0.2, 0.25) is 0 Å². The highest BCUT2D eigenvalue weighted by Crippen LogP contribution is 2.50. The van der Waals surface area contributed by atoms with Crippen molar-refractivity contribution in [2.45, 2.75) is 58.2 Å². The number of nitrogens with two attached hydrogens (primary N) is 1. The summed E-state index contributed by atoms with van der Waals surface area (Å²) in [6.45, 7) is 9.49. The number of nitrogens with zero attached hydrogens (tertiary/aromatic N) is 2. The first kappa shape index (κ1) is 19.2. The Balaban J connectivity index is 1.73. The Hall–Kier alpha value is -1.59. The fraction of sp³-hybridized carbons (Fsp3) is 0.667. The monoisotopic (exact) mass is 359 g/mol. The predicted molar refractivity (Wildman–Crippen MR) is 105 cm³/mol. The maximum Gasteiger partial charge on any atom is 0.243 e. The van der Waals surface area contributed by atoms with E-state index in [0.717, 1.165) is 13.1 Å². The zero-order valence-corrected chi connectivity index (χ0v) is 16.6. The van der Waals surface area contributed by atoms with Gasteiger partial charge in [0.1, 0.15) is 5.54 Å². The van der Waals surface area contributed by atoms with Gasteiger partial charge < -0.3 is 20.3 Å². The molecule has 144 valence electrons. The molecule has 0 spiro atoms. The van der Waals surface area contributed by atoms with Gasteiger partial charge in [-0.1, -0.05) is 32.0 Å². The summed E-state index contributed by atoms with van der Waals surface area (Å²) >= 11 is 0. The second-order valence-corrected chi connectivity index (χ2v) is 8.33. The molecule has 1 saturated heterocycles. The van der Waals surface area contributed by atoms with Gasteiger partial charge >= 0.3 is 0 Å². The Morgan fingerprint density at radius 2 is 1.96 bits per heavy atom. The Morgan fingerprint density at radius 3 is 2.58 bits per heavy atom. The summed E-state index contributed by atoms with van der Waals surface area (Å²) in [4.78, 5) is 17.4. The minimum absolute atomic E-state index is 0.00896. The molecule has 0 bridgehead atoms. The van der Waals surface area contributed by atoms with Gasteiger partial charge in [-0.3, -0.25) is 4.79 Å². The van der Waals surface area contributed by atoms with Gasteiger partial charge in [0.2, 0.25) is 5.91 Å². The molecule has 1 heterocycles. The quantitative estimate of drug-likeness (QED) is 0.848. The molecule has 2 N–H and O–H groups in total. The van der Waals surface area contributed by atoms with E-state index in [0.29, 0.717) is 19.6 Å². The topological polar surface area (TPSA) is 58.8 Å². The first-order valence-electron chi connectivity index (χ1n) is 9.80. The lowest BCUT2D eigenvalue weighted by Gasteiger charge is -2.58. The standard InChI is InChI=1S/C21H33N3O2/c1-5-26-18-14-21(22,20(18,2)3)19(25)23(4)15-16-10-6-7-11-17(16)24-12-8-9-13-24/h6-7,10-11,18H,5,8-9,12-15,22H2,1-4H3. The van der Waals surface area contributed by atoms with Crippen molar-refractivity contribution in [2.24, 2.45) is 11.1 Å². The van der Waals surface area contributed by atoms with Crippen molar-refractivity contribution < 1.29 is 9.53 Å². The number of carbonyl (C=O) groups is 1. The molecule has 1 aliphatic carbocycles. The highest BCUT2D eigenvalue weighted by atomic mass is 16.5. The van der Waals surface area contributed by atoms with Crippen molar-refractivity contribution in [1.82, 2.24) is 4.90 Å². The molecule has 5 nitrogen and oxygen atoms in total. The number of hydrogen-bond donors (Lipinski definition) is 1. The van der Waals surface area contributed by atoms with Crippen LogP contribution in [0.15, 0.2) is 24.3 Å². The SMILES string of the molecule is CCOC1CC(N)(C(=O)N(C)Cc2ccccc2N2CCCC2)C1(C)C. The maximum atomic E-state index is 13.2. The van der Waals surface area contributed by atoms with Crippen molar-refractivity contribution in [3.8, 4) is 0 Å². The van der Waals surface area contributed by atoms with Crippen LogP contribution in [0.4, 0.5) is 5.69 Å². The van der Waals surface area contributed by atoms with Crippen LogP contribution in [0, 0.1) is 5.41 Å². The zero-order chi connectivity index (χ0) is 18.9. The first-order valence-corrected chi connectivity index (χ1v) is 9.80.